The summed E-state index contributed by atoms with van der Waals surface area (Å²) in [5, 5.41) is 3.38. The SMILES string of the molecule is CO[Si](C)(CCC(CCN)NCCN)OCN. The third-order valence-electron chi connectivity index (χ3n) is 2.86. The maximum absolute atomic E-state index is 5.59. The topological polar surface area (TPSA) is 109 Å². The Morgan fingerprint density at radius 3 is 2.35 bits per heavy atom. The first-order valence-electron chi connectivity index (χ1n) is 6.14. The maximum atomic E-state index is 5.59. The summed E-state index contributed by atoms with van der Waals surface area (Å²) < 4.78 is 11.0. The van der Waals surface area contributed by atoms with E-state index in [2.05, 4.69) is 5.32 Å². The van der Waals surface area contributed by atoms with Gasteiger partial charge >= 0.3 is 8.56 Å². The maximum Gasteiger partial charge on any atom is 0.335 e. The van der Waals surface area contributed by atoms with Crippen LogP contribution < -0.4 is 22.5 Å². The van der Waals surface area contributed by atoms with Gasteiger partial charge in [-0.15, -0.1) is 0 Å². The zero-order valence-electron chi connectivity index (χ0n) is 11.1. The molecule has 7 heteroatoms. The molecule has 0 aromatic carbocycles. The van der Waals surface area contributed by atoms with E-state index in [0.29, 0.717) is 19.1 Å². The highest BCUT2D eigenvalue weighted by Crippen LogP contribution is 2.16. The van der Waals surface area contributed by atoms with E-state index in [1.54, 1.807) is 7.11 Å². The van der Waals surface area contributed by atoms with Crippen molar-refractivity contribution in [2.75, 3.05) is 33.5 Å². The van der Waals surface area contributed by atoms with Crippen molar-refractivity contribution >= 4 is 8.56 Å². The molecule has 0 bridgehead atoms. The van der Waals surface area contributed by atoms with Gasteiger partial charge in [0, 0.05) is 26.2 Å². The molecule has 0 fully saturated rings. The Balaban J connectivity index is 4.06. The fourth-order valence-electron chi connectivity index (χ4n) is 1.68. The highest BCUT2D eigenvalue weighted by Gasteiger charge is 2.30. The van der Waals surface area contributed by atoms with Crippen LogP contribution in [0.3, 0.4) is 0 Å². The molecule has 104 valence electrons. The van der Waals surface area contributed by atoms with Crippen molar-refractivity contribution in [1.82, 2.24) is 5.32 Å². The molecule has 0 saturated heterocycles. The van der Waals surface area contributed by atoms with Crippen LogP contribution in [0, 0.1) is 0 Å². The zero-order chi connectivity index (χ0) is 13.1. The lowest BCUT2D eigenvalue weighted by Gasteiger charge is -2.26. The van der Waals surface area contributed by atoms with Crippen molar-refractivity contribution in [1.29, 1.82) is 0 Å². The average Bonchev–Trinajstić information content (AvgIpc) is 2.33. The van der Waals surface area contributed by atoms with Gasteiger partial charge in [0.15, 0.2) is 0 Å². The molecular formula is C10H28N4O2Si. The molecule has 0 rings (SSSR count). The molecule has 2 atom stereocenters. The Kier molecular flexibility index (Phi) is 9.94. The van der Waals surface area contributed by atoms with Crippen LogP contribution in [0.15, 0.2) is 0 Å². The normalized spacial score (nSPS) is 16.8. The lowest BCUT2D eigenvalue weighted by Crippen LogP contribution is -2.42. The molecular weight excluding hydrogens is 236 g/mol. The molecule has 17 heavy (non-hydrogen) atoms. The van der Waals surface area contributed by atoms with Gasteiger partial charge in [0.2, 0.25) is 0 Å². The van der Waals surface area contributed by atoms with Gasteiger partial charge in [0.05, 0.1) is 6.73 Å². The van der Waals surface area contributed by atoms with Crippen molar-refractivity contribution in [2.24, 2.45) is 17.2 Å². The van der Waals surface area contributed by atoms with Gasteiger partial charge in [-0.25, -0.2) is 0 Å². The van der Waals surface area contributed by atoms with Gasteiger partial charge in [0.25, 0.3) is 0 Å². The van der Waals surface area contributed by atoms with E-state index < -0.39 is 8.56 Å². The molecule has 0 aliphatic heterocycles. The minimum Gasteiger partial charge on any atom is -0.398 e. The van der Waals surface area contributed by atoms with E-state index in [0.717, 1.165) is 25.4 Å². The Labute approximate surface area is 105 Å². The molecule has 0 spiro atoms. The van der Waals surface area contributed by atoms with E-state index in [1.807, 2.05) is 6.55 Å². The van der Waals surface area contributed by atoms with Crippen molar-refractivity contribution in [3.8, 4) is 0 Å². The van der Waals surface area contributed by atoms with Gasteiger partial charge in [-0.2, -0.15) is 0 Å². The lowest BCUT2D eigenvalue weighted by atomic mass is 10.1. The quantitative estimate of drug-likeness (QED) is 0.290. The first-order chi connectivity index (χ1) is 8.11. The Morgan fingerprint density at radius 2 is 1.88 bits per heavy atom. The average molecular weight is 264 g/mol. The number of nitrogens with one attached hydrogen (secondary N) is 1. The second kappa shape index (κ2) is 9.95. The molecule has 2 unspecified atom stereocenters. The highest BCUT2D eigenvalue weighted by atomic mass is 28.4. The second-order valence-electron chi connectivity index (χ2n) is 4.20. The second-order valence-corrected chi connectivity index (χ2v) is 7.67. The van der Waals surface area contributed by atoms with E-state index in [-0.39, 0.29) is 6.73 Å². The molecule has 6 nitrogen and oxygen atoms in total. The first kappa shape index (κ1) is 17.0. The summed E-state index contributed by atoms with van der Waals surface area (Å²) in [4.78, 5) is 0. The molecule has 7 N–H and O–H groups in total. The summed E-state index contributed by atoms with van der Waals surface area (Å²) in [6.07, 6.45) is 1.92. The largest absolute Gasteiger partial charge is 0.398 e. The van der Waals surface area contributed by atoms with Crippen molar-refractivity contribution in [3.63, 3.8) is 0 Å². The van der Waals surface area contributed by atoms with E-state index >= 15 is 0 Å². The van der Waals surface area contributed by atoms with Crippen LogP contribution in [0.25, 0.3) is 0 Å². The van der Waals surface area contributed by atoms with E-state index in [9.17, 15) is 0 Å². The van der Waals surface area contributed by atoms with Crippen molar-refractivity contribution in [2.45, 2.75) is 31.5 Å². The summed E-state index contributed by atoms with van der Waals surface area (Å²) in [7, 11) is -0.404. The number of nitrogens with two attached hydrogens (primary N) is 3. The zero-order valence-corrected chi connectivity index (χ0v) is 12.1. The van der Waals surface area contributed by atoms with Crippen LogP contribution in [0.4, 0.5) is 0 Å². The van der Waals surface area contributed by atoms with Crippen LogP contribution in [0.5, 0.6) is 0 Å². The summed E-state index contributed by atoms with van der Waals surface area (Å²) in [6, 6.07) is 1.29. The standard InChI is InChI=1S/C10H28N4O2Si/c1-15-17(2,16-9-13)8-4-10(3-5-11)14-7-6-12/h10,14H,3-9,11-13H2,1-2H3. The number of hydrogen-bond acceptors (Lipinski definition) is 6. The van der Waals surface area contributed by atoms with E-state index in [4.69, 9.17) is 26.1 Å². The minimum atomic E-state index is -2.09. The fourth-order valence-corrected chi connectivity index (χ4v) is 3.37. The minimum absolute atomic E-state index is 0.217. The Bertz CT molecular complexity index is 188. The molecule has 0 radical (unpaired) electrons. The van der Waals surface area contributed by atoms with Crippen LogP contribution >= 0.6 is 0 Å². The molecule has 0 aliphatic carbocycles. The van der Waals surface area contributed by atoms with E-state index in [1.165, 1.54) is 0 Å². The monoisotopic (exact) mass is 264 g/mol. The van der Waals surface area contributed by atoms with Crippen LogP contribution in [0.2, 0.25) is 12.6 Å². The molecule has 0 aromatic rings. The van der Waals surface area contributed by atoms with Gasteiger partial charge < -0.3 is 31.4 Å². The van der Waals surface area contributed by atoms with Gasteiger partial charge in [-0.1, -0.05) is 0 Å². The third kappa shape index (κ3) is 7.82. The highest BCUT2D eigenvalue weighted by molar-refractivity contribution is 6.65. The Morgan fingerprint density at radius 1 is 1.18 bits per heavy atom. The van der Waals surface area contributed by atoms with Crippen LogP contribution in [-0.2, 0) is 8.85 Å². The summed E-state index contributed by atoms with van der Waals surface area (Å²) in [5.41, 5.74) is 16.5. The predicted molar refractivity (Wildman–Crippen MR) is 72.7 cm³/mol. The van der Waals surface area contributed by atoms with Gasteiger partial charge in [0.1, 0.15) is 0 Å². The summed E-state index contributed by atoms with van der Waals surface area (Å²) >= 11 is 0. The van der Waals surface area contributed by atoms with Crippen molar-refractivity contribution in [3.05, 3.63) is 0 Å². The van der Waals surface area contributed by atoms with Gasteiger partial charge in [-0.05, 0) is 32.0 Å². The molecule has 0 aliphatic rings. The molecule has 0 aromatic heterocycles. The molecule has 0 amide bonds. The number of hydrogen-bond donors (Lipinski definition) is 4. The molecule has 0 saturated carbocycles. The van der Waals surface area contributed by atoms with Gasteiger partial charge in [-0.3, -0.25) is 0 Å². The summed E-state index contributed by atoms with van der Waals surface area (Å²) in [5.74, 6) is 0. The number of rotatable bonds is 11. The smallest absolute Gasteiger partial charge is 0.335 e. The first-order valence-corrected chi connectivity index (χ1v) is 8.67. The fraction of sp³-hybridized carbons (Fsp3) is 1.00. The summed E-state index contributed by atoms with van der Waals surface area (Å²) in [6.45, 7) is 4.37. The lowest BCUT2D eigenvalue weighted by molar-refractivity contribution is 0.207. The predicted octanol–water partition coefficient (Wildman–Crippen LogP) is -0.707. The van der Waals surface area contributed by atoms with Crippen molar-refractivity contribution < 1.29 is 8.85 Å². The Hall–Kier alpha value is -0.0231. The molecule has 0 heterocycles. The third-order valence-corrected chi connectivity index (χ3v) is 5.70. The van der Waals surface area contributed by atoms with Crippen LogP contribution in [-0.4, -0.2) is 48.1 Å². The van der Waals surface area contributed by atoms with Crippen LogP contribution in [0.1, 0.15) is 12.8 Å².